The number of anilines is 1. The minimum atomic E-state index is -1.17. The number of nitrogens with two attached hydrogens (primary N) is 1. The Balaban J connectivity index is 2.04. The zero-order valence-electron chi connectivity index (χ0n) is 11.1. The fourth-order valence-electron chi connectivity index (χ4n) is 1.75. The molecule has 2 rings (SSSR count). The number of aromatic nitrogens is 1. The van der Waals surface area contributed by atoms with Crippen molar-refractivity contribution in [2.75, 3.05) is 18.6 Å². The van der Waals surface area contributed by atoms with E-state index in [1.807, 2.05) is 0 Å². The van der Waals surface area contributed by atoms with Crippen LogP contribution in [0.1, 0.15) is 0 Å². The Hall–Kier alpha value is -2.08. The molecule has 0 saturated heterocycles. The summed E-state index contributed by atoms with van der Waals surface area (Å²) >= 11 is 0. The van der Waals surface area contributed by atoms with Gasteiger partial charge in [-0.2, -0.15) is 0 Å². The SMILES string of the molecule is COc1ccc(S(=O)CCn2cc(N)ccc2=O)cc1. The average molecular weight is 292 g/mol. The van der Waals surface area contributed by atoms with E-state index in [0.717, 1.165) is 5.75 Å². The van der Waals surface area contributed by atoms with Gasteiger partial charge < -0.3 is 15.0 Å². The molecule has 20 heavy (non-hydrogen) atoms. The second-order valence-electron chi connectivity index (χ2n) is 4.22. The molecule has 0 fully saturated rings. The number of rotatable bonds is 5. The molecule has 1 atom stereocenters. The Morgan fingerprint density at radius 3 is 2.55 bits per heavy atom. The summed E-state index contributed by atoms with van der Waals surface area (Å²) in [7, 11) is 0.416. The summed E-state index contributed by atoms with van der Waals surface area (Å²) in [4.78, 5) is 12.3. The molecule has 5 nitrogen and oxygen atoms in total. The maximum absolute atomic E-state index is 12.1. The third-order valence-electron chi connectivity index (χ3n) is 2.85. The molecule has 0 aliphatic carbocycles. The first-order valence-electron chi connectivity index (χ1n) is 6.08. The highest BCUT2D eigenvalue weighted by Gasteiger charge is 2.05. The van der Waals surface area contributed by atoms with Gasteiger partial charge in [0.25, 0.3) is 5.56 Å². The fourth-order valence-corrected chi connectivity index (χ4v) is 2.79. The molecule has 2 N–H and O–H groups in total. The first-order valence-corrected chi connectivity index (χ1v) is 7.40. The lowest BCUT2D eigenvalue weighted by atomic mass is 10.3. The van der Waals surface area contributed by atoms with Crippen LogP contribution in [0.25, 0.3) is 0 Å². The molecular formula is C14H16N2O3S. The Kier molecular flexibility index (Phi) is 4.57. The predicted octanol–water partition coefficient (Wildman–Crippen LogP) is 1.25. The number of pyridine rings is 1. The average Bonchev–Trinajstić information content (AvgIpc) is 2.48. The summed E-state index contributed by atoms with van der Waals surface area (Å²) in [5.74, 6) is 1.08. The summed E-state index contributed by atoms with van der Waals surface area (Å²) in [5.41, 5.74) is 5.99. The highest BCUT2D eigenvalue weighted by atomic mass is 32.2. The van der Waals surface area contributed by atoms with Crippen LogP contribution in [0.4, 0.5) is 5.69 Å². The molecular weight excluding hydrogens is 276 g/mol. The van der Waals surface area contributed by atoms with E-state index in [2.05, 4.69) is 0 Å². The Bertz CT molecular complexity index is 665. The molecule has 0 aliphatic rings. The predicted molar refractivity (Wildman–Crippen MR) is 79.4 cm³/mol. The molecule has 0 saturated carbocycles. The van der Waals surface area contributed by atoms with Crippen molar-refractivity contribution >= 4 is 16.5 Å². The lowest BCUT2D eigenvalue weighted by Gasteiger charge is -2.07. The zero-order chi connectivity index (χ0) is 14.5. The van der Waals surface area contributed by atoms with E-state index in [9.17, 15) is 9.00 Å². The molecule has 0 bridgehead atoms. The normalized spacial score (nSPS) is 12.1. The van der Waals surface area contributed by atoms with Crippen LogP contribution >= 0.6 is 0 Å². The number of nitrogens with zero attached hydrogens (tertiary/aromatic N) is 1. The highest BCUT2D eigenvalue weighted by molar-refractivity contribution is 7.85. The van der Waals surface area contributed by atoms with Gasteiger partial charge >= 0.3 is 0 Å². The molecule has 0 amide bonds. The van der Waals surface area contributed by atoms with Gasteiger partial charge in [-0.05, 0) is 30.3 Å². The second-order valence-corrected chi connectivity index (χ2v) is 5.79. The molecule has 0 spiro atoms. The smallest absolute Gasteiger partial charge is 0.250 e. The van der Waals surface area contributed by atoms with Crippen LogP contribution in [0.5, 0.6) is 5.75 Å². The van der Waals surface area contributed by atoms with Crippen molar-refractivity contribution in [2.24, 2.45) is 0 Å². The van der Waals surface area contributed by atoms with Gasteiger partial charge in [-0.15, -0.1) is 0 Å². The Morgan fingerprint density at radius 2 is 1.90 bits per heavy atom. The van der Waals surface area contributed by atoms with Crippen LogP contribution < -0.4 is 16.0 Å². The van der Waals surface area contributed by atoms with Crippen LogP contribution in [0.2, 0.25) is 0 Å². The van der Waals surface area contributed by atoms with Gasteiger partial charge in [0.15, 0.2) is 0 Å². The van der Waals surface area contributed by atoms with Gasteiger partial charge in [-0.1, -0.05) is 0 Å². The van der Waals surface area contributed by atoms with Crippen molar-refractivity contribution in [1.29, 1.82) is 0 Å². The Labute approximate surface area is 119 Å². The minimum absolute atomic E-state index is 0.147. The monoisotopic (exact) mass is 292 g/mol. The van der Waals surface area contributed by atoms with E-state index in [0.29, 0.717) is 22.9 Å². The van der Waals surface area contributed by atoms with Crippen LogP contribution in [0.15, 0.2) is 52.3 Å². The van der Waals surface area contributed by atoms with Crippen LogP contribution in [0.3, 0.4) is 0 Å². The topological polar surface area (TPSA) is 74.3 Å². The van der Waals surface area contributed by atoms with Crippen molar-refractivity contribution in [2.45, 2.75) is 11.4 Å². The van der Waals surface area contributed by atoms with E-state index in [1.54, 1.807) is 43.6 Å². The van der Waals surface area contributed by atoms with Gasteiger partial charge in [0, 0.05) is 35.1 Å². The summed E-state index contributed by atoms with van der Waals surface area (Å²) in [6, 6.07) is 10.0. The van der Waals surface area contributed by atoms with Gasteiger partial charge in [-0.3, -0.25) is 9.00 Å². The Morgan fingerprint density at radius 1 is 1.20 bits per heavy atom. The lowest BCUT2D eigenvalue weighted by molar-refractivity contribution is 0.414. The number of aryl methyl sites for hydroxylation is 1. The first kappa shape index (κ1) is 14.3. The zero-order valence-corrected chi connectivity index (χ0v) is 11.9. The fraction of sp³-hybridized carbons (Fsp3) is 0.214. The van der Waals surface area contributed by atoms with E-state index >= 15 is 0 Å². The molecule has 1 aromatic heterocycles. The third kappa shape index (κ3) is 3.48. The van der Waals surface area contributed by atoms with Gasteiger partial charge in [0.2, 0.25) is 0 Å². The number of benzene rings is 1. The largest absolute Gasteiger partial charge is 0.497 e. The van der Waals surface area contributed by atoms with Crippen LogP contribution in [0, 0.1) is 0 Å². The molecule has 106 valence electrons. The maximum atomic E-state index is 12.1. The summed E-state index contributed by atoms with van der Waals surface area (Å²) in [5, 5.41) is 0. The number of hydrogen-bond acceptors (Lipinski definition) is 4. The third-order valence-corrected chi connectivity index (χ3v) is 4.20. The molecule has 1 heterocycles. The maximum Gasteiger partial charge on any atom is 0.250 e. The molecule has 0 radical (unpaired) electrons. The van der Waals surface area contributed by atoms with Crippen molar-refractivity contribution in [3.8, 4) is 5.75 Å². The van der Waals surface area contributed by atoms with Crippen LogP contribution in [-0.4, -0.2) is 21.6 Å². The van der Waals surface area contributed by atoms with E-state index in [1.165, 1.54) is 10.6 Å². The standard InChI is InChI=1S/C14H16N2O3S/c1-19-12-3-5-13(6-4-12)20(18)9-8-16-10-11(15)2-7-14(16)17/h2-7,10H,8-9,15H2,1H3. The first-order chi connectivity index (χ1) is 9.60. The molecule has 0 aliphatic heterocycles. The van der Waals surface area contributed by atoms with Gasteiger partial charge in [0.1, 0.15) is 5.75 Å². The van der Waals surface area contributed by atoms with Crippen molar-refractivity contribution in [1.82, 2.24) is 4.57 Å². The quantitative estimate of drug-likeness (QED) is 0.900. The lowest BCUT2D eigenvalue weighted by Crippen LogP contribution is -2.21. The highest BCUT2D eigenvalue weighted by Crippen LogP contribution is 2.14. The number of ether oxygens (including phenoxy) is 1. The van der Waals surface area contributed by atoms with Crippen molar-refractivity contribution < 1.29 is 8.95 Å². The molecule has 2 aromatic rings. The minimum Gasteiger partial charge on any atom is -0.497 e. The number of nitrogen functional groups attached to an aromatic ring is 1. The van der Waals surface area contributed by atoms with E-state index < -0.39 is 10.8 Å². The molecule has 6 heteroatoms. The van der Waals surface area contributed by atoms with Crippen molar-refractivity contribution in [3.63, 3.8) is 0 Å². The summed E-state index contributed by atoms with van der Waals surface area (Å²) in [6.07, 6.45) is 1.56. The summed E-state index contributed by atoms with van der Waals surface area (Å²) < 4.78 is 18.7. The number of hydrogen-bond donors (Lipinski definition) is 1. The second kappa shape index (κ2) is 6.38. The van der Waals surface area contributed by atoms with Gasteiger partial charge in [0.05, 0.1) is 17.9 Å². The number of methoxy groups -OCH3 is 1. The van der Waals surface area contributed by atoms with Crippen molar-refractivity contribution in [3.05, 3.63) is 52.9 Å². The van der Waals surface area contributed by atoms with Gasteiger partial charge in [-0.25, -0.2) is 0 Å². The van der Waals surface area contributed by atoms with E-state index in [-0.39, 0.29) is 5.56 Å². The van der Waals surface area contributed by atoms with E-state index in [4.69, 9.17) is 10.5 Å². The molecule has 1 unspecified atom stereocenters. The molecule has 1 aromatic carbocycles. The summed E-state index contributed by atoms with van der Waals surface area (Å²) in [6.45, 7) is 0.364. The van der Waals surface area contributed by atoms with Crippen LogP contribution in [-0.2, 0) is 17.3 Å².